The number of rotatable bonds is 3. The molecular formula is C27H27F2N5O2. The van der Waals surface area contributed by atoms with Gasteiger partial charge in [0.15, 0.2) is 11.5 Å². The van der Waals surface area contributed by atoms with E-state index in [1.54, 1.807) is 40.9 Å². The van der Waals surface area contributed by atoms with Crippen molar-refractivity contribution in [2.75, 3.05) is 18.4 Å². The number of hydrogen-bond acceptors (Lipinski definition) is 5. The second-order valence-electron chi connectivity index (χ2n) is 9.94. The molecule has 4 aromatic rings. The number of nitrogens with one attached hydrogen (secondary N) is 1. The Kier molecular flexibility index (Phi) is 5.86. The number of halogens is 2. The van der Waals surface area contributed by atoms with E-state index in [2.05, 4.69) is 15.3 Å². The molecule has 0 fully saturated rings. The molecule has 1 aromatic carbocycles. The smallest absolute Gasteiger partial charge is 0.410 e. The third-order valence-electron chi connectivity index (χ3n) is 5.94. The molecule has 0 saturated carbocycles. The van der Waals surface area contributed by atoms with E-state index in [-0.39, 0.29) is 11.7 Å². The summed E-state index contributed by atoms with van der Waals surface area (Å²) < 4.78 is 37.0. The van der Waals surface area contributed by atoms with Gasteiger partial charge in [0.1, 0.15) is 17.2 Å². The van der Waals surface area contributed by atoms with Gasteiger partial charge in [-0.3, -0.25) is 0 Å². The lowest BCUT2D eigenvalue weighted by Gasteiger charge is -2.29. The van der Waals surface area contributed by atoms with Gasteiger partial charge < -0.3 is 19.4 Å². The van der Waals surface area contributed by atoms with Crippen molar-refractivity contribution in [3.8, 4) is 0 Å². The highest BCUT2D eigenvalue weighted by atomic mass is 19.1. The molecule has 1 aliphatic rings. The number of aromatic nitrogens is 3. The predicted molar refractivity (Wildman–Crippen MR) is 135 cm³/mol. The number of anilines is 2. The van der Waals surface area contributed by atoms with Crippen molar-refractivity contribution in [2.45, 2.75) is 39.7 Å². The van der Waals surface area contributed by atoms with Gasteiger partial charge in [0.2, 0.25) is 0 Å². The predicted octanol–water partition coefficient (Wildman–Crippen LogP) is 6.24. The number of amides is 1. The van der Waals surface area contributed by atoms with Crippen LogP contribution in [0.4, 0.5) is 25.1 Å². The lowest BCUT2D eigenvalue weighted by molar-refractivity contribution is 0.0270. The van der Waals surface area contributed by atoms with Crippen LogP contribution in [0.15, 0.2) is 48.9 Å². The Bertz CT molecular complexity index is 1520. The van der Waals surface area contributed by atoms with Crippen molar-refractivity contribution >= 4 is 39.6 Å². The largest absolute Gasteiger partial charge is 0.444 e. The summed E-state index contributed by atoms with van der Waals surface area (Å²) in [7, 11) is 0. The van der Waals surface area contributed by atoms with Gasteiger partial charge in [-0.25, -0.2) is 23.5 Å². The van der Waals surface area contributed by atoms with Crippen molar-refractivity contribution in [1.29, 1.82) is 0 Å². The molecule has 0 bridgehead atoms. The molecule has 0 radical (unpaired) electrons. The van der Waals surface area contributed by atoms with Crippen molar-refractivity contribution in [3.05, 3.63) is 71.8 Å². The first-order valence-electron chi connectivity index (χ1n) is 11.7. The Balaban J connectivity index is 1.42. The summed E-state index contributed by atoms with van der Waals surface area (Å²) in [6.07, 6.45) is 7.15. The van der Waals surface area contributed by atoms with Crippen LogP contribution in [0.3, 0.4) is 0 Å². The Morgan fingerprint density at radius 3 is 2.67 bits per heavy atom. The van der Waals surface area contributed by atoms with E-state index in [1.807, 2.05) is 32.9 Å². The number of carbonyl (C=O) groups excluding carboxylic acids is 1. The number of ether oxygens (including phenoxy) is 1. The number of hydrogen-bond donors (Lipinski definition) is 1. The van der Waals surface area contributed by atoms with E-state index in [1.165, 1.54) is 12.1 Å². The normalized spacial score (nSPS) is 14.3. The van der Waals surface area contributed by atoms with Gasteiger partial charge in [0.25, 0.3) is 0 Å². The molecule has 0 atom stereocenters. The topological polar surface area (TPSA) is 71.8 Å². The number of pyridine rings is 2. The molecule has 1 aliphatic heterocycles. The molecule has 4 heterocycles. The van der Waals surface area contributed by atoms with Gasteiger partial charge in [-0.15, -0.1) is 0 Å². The molecular weight excluding hydrogens is 464 g/mol. The fraction of sp³-hybridized carbons (Fsp3) is 0.296. The number of benzene rings is 1. The molecule has 0 saturated heterocycles. The SMILES string of the molecule is Cc1cn2cc(Nc3nccc4cc(C5=CCN(C(=O)OC(C)(C)C)CC5)cc(F)c34)cc(F)c2n1. The molecule has 9 heteroatoms. The van der Waals surface area contributed by atoms with Crippen LogP contribution < -0.4 is 5.32 Å². The van der Waals surface area contributed by atoms with Crippen LogP contribution >= 0.6 is 0 Å². The van der Waals surface area contributed by atoms with Crippen molar-refractivity contribution in [3.63, 3.8) is 0 Å². The van der Waals surface area contributed by atoms with Gasteiger partial charge in [0, 0.05) is 37.7 Å². The molecule has 3 aromatic heterocycles. The van der Waals surface area contributed by atoms with Crippen LogP contribution in [0, 0.1) is 18.6 Å². The fourth-order valence-electron chi connectivity index (χ4n) is 4.35. The fourth-order valence-corrected chi connectivity index (χ4v) is 4.35. The molecule has 0 spiro atoms. The lowest BCUT2D eigenvalue weighted by Crippen LogP contribution is -2.39. The van der Waals surface area contributed by atoms with Crippen LogP contribution in [-0.4, -0.2) is 44.1 Å². The average molecular weight is 492 g/mol. The van der Waals surface area contributed by atoms with E-state index < -0.39 is 17.2 Å². The standard InChI is InChI=1S/C27H27F2N5O2/c1-16-14-34-15-20(13-22(29)25(34)31-16)32-24-23-18(5-8-30-24)11-19(12-21(23)28)17-6-9-33(10-7-17)26(35)36-27(2,3)4/h5-6,8,11-15H,7,9-10H2,1-4H3,(H,30,32). The van der Waals surface area contributed by atoms with E-state index in [4.69, 9.17) is 4.74 Å². The molecule has 186 valence electrons. The summed E-state index contributed by atoms with van der Waals surface area (Å²) in [5.41, 5.74) is 2.51. The monoisotopic (exact) mass is 491 g/mol. The van der Waals surface area contributed by atoms with E-state index in [0.29, 0.717) is 47.5 Å². The Hall–Kier alpha value is -4.01. The molecule has 7 nitrogen and oxygen atoms in total. The number of fused-ring (bicyclic) bond motifs is 2. The first-order valence-corrected chi connectivity index (χ1v) is 11.7. The quantitative estimate of drug-likeness (QED) is 0.368. The Labute approximate surface area is 207 Å². The number of carbonyl (C=O) groups is 1. The van der Waals surface area contributed by atoms with Crippen LogP contribution in [0.5, 0.6) is 0 Å². The summed E-state index contributed by atoms with van der Waals surface area (Å²) in [5.74, 6) is -0.629. The minimum atomic E-state index is -0.558. The zero-order valence-corrected chi connectivity index (χ0v) is 20.6. The van der Waals surface area contributed by atoms with E-state index >= 15 is 4.39 Å². The van der Waals surface area contributed by atoms with E-state index in [9.17, 15) is 9.18 Å². The number of aryl methyl sites for hydroxylation is 1. The van der Waals surface area contributed by atoms with Crippen molar-refractivity contribution in [2.24, 2.45) is 0 Å². The van der Waals surface area contributed by atoms with E-state index in [0.717, 1.165) is 11.1 Å². The van der Waals surface area contributed by atoms with Crippen molar-refractivity contribution < 1.29 is 18.3 Å². The third kappa shape index (κ3) is 4.73. The molecule has 0 unspecified atom stereocenters. The number of imidazole rings is 1. The maximum Gasteiger partial charge on any atom is 0.410 e. The molecule has 1 N–H and O–H groups in total. The van der Waals surface area contributed by atoms with Gasteiger partial charge in [-0.05, 0) is 68.8 Å². The zero-order valence-electron chi connectivity index (χ0n) is 20.6. The third-order valence-corrected chi connectivity index (χ3v) is 5.94. The van der Waals surface area contributed by atoms with Gasteiger partial charge in [-0.1, -0.05) is 6.08 Å². The first-order chi connectivity index (χ1) is 17.1. The summed E-state index contributed by atoms with van der Waals surface area (Å²) in [6.45, 7) is 8.17. The highest BCUT2D eigenvalue weighted by Crippen LogP contribution is 2.32. The van der Waals surface area contributed by atoms with Crippen molar-refractivity contribution in [1.82, 2.24) is 19.3 Å². The highest BCUT2D eigenvalue weighted by molar-refractivity contribution is 5.95. The van der Waals surface area contributed by atoms with Gasteiger partial charge in [-0.2, -0.15) is 0 Å². The lowest BCUT2D eigenvalue weighted by atomic mass is 9.97. The first kappa shape index (κ1) is 23.7. The molecule has 0 aliphatic carbocycles. The van der Waals surface area contributed by atoms with Crippen LogP contribution in [0.2, 0.25) is 0 Å². The summed E-state index contributed by atoms with van der Waals surface area (Å²) in [6, 6.07) is 6.45. The van der Waals surface area contributed by atoms with Crippen LogP contribution in [0.25, 0.3) is 22.0 Å². The summed E-state index contributed by atoms with van der Waals surface area (Å²) >= 11 is 0. The molecule has 5 rings (SSSR count). The Morgan fingerprint density at radius 1 is 1.14 bits per heavy atom. The second kappa shape index (κ2) is 8.89. The maximum absolute atomic E-state index is 15.4. The van der Waals surface area contributed by atoms with Gasteiger partial charge in [0.05, 0.1) is 16.8 Å². The Morgan fingerprint density at radius 2 is 1.94 bits per heavy atom. The molecule has 36 heavy (non-hydrogen) atoms. The van der Waals surface area contributed by atoms with Crippen LogP contribution in [0.1, 0.15) is 38.4 Å². The van der Waals surface area contributed by atoms with Crippen LogP contribution in [-0.2, 0) is 4.74 Å². The summed E-state index contributed by atoms with van der Waals surface area (Å²) in [4.78, 5) is 22.4. The minimum absolute atomic E-state index is 0.228. The second-order valence-corrected chi connectivity index (χ2v) is 9.94. The highest BCUT2D eigenvalue weighted by Gasteiger charge is 2.24. The molecule has 1 amide bonds. The van der Waals surface area contributed by atoms with Gasteiger partial charge >= 0.3 is 6.09 Å². The number of nitrogens with zero attached hydrogens (tertiary/aromatic N) is 4. The minimum Gasteiger partial charge on any atom is -0.444 e. The average Bonchev–Trinajstić information content (AvgIpc) is 3.19. The zero-order chi connectivity index (χ0) is 25.6. The maximum atomic E-state index is 15.4. The summed E-state index contributed by atoms with van der Waals surface area (Å²) in [5, 5.41) is 4.03.